The Balaban J connectivity index is 2.25. The number of carboxylic acids is 1. The van der Waals surface area contributed by atoms with Gasteiger partial charge < -0.3 is 9.84 Å². The Morgan fingerprint density at radius 2 is 2.00 bits per heavy atom. The number of aryl methyl sites for hydroxylation is 2. The van der Waals surface area contributed by atoms with Crippen molar-refractivity contribution in [3.05, 3.63) is 53.2 Å². The van der Waals surface area contributed by atoms with Crippen molar-refractivity contribution < 1.29 is 14.6 Å². The summed E-state index contributed by atoms with van der Waals surface area (Å²) in [6.45, 7) is 3.69. The fourth-order valence-electron chi connectivity index (χ4n) is 1.62. The van der Waals surface area contributed by atoms with Crippen LogP contribution in [-0.4, -0.2) is 16.1 Å². The molecule has 1 aromatic carbocycles. The molecule has 2 rings (SSSR count). The van der Waals surface area contributed by atoms with E-state index in [9.17, 15) is 4.79 Å². The molecular weight excluding hydrogens is 230 g/mol. The molecule has 0 fully saturated rings. The highest BCUT2D eigenvalue weighted by Crippen LogP contribution is 2.22. The van der Waals surface area contributed by atoms with Crippen LogP contribution in [0.15, 0.2) is 36.5 Å². The van der Waals surface area contributed by atoms with Gasteiger partial charge in [-0.2, -0.15) is 0 Å². The van der Waals surface area contributed by atoms with Crippen molar-refractivity contribution in [1.82, 2.24) is 4.98 Å². The van der Waals surface area contributed by atoms with Crippen LogP contribution in [0.25, 0.3) is 0 Å². The molecule has 4 heteroatoms. The van der Waals surface area contributed by atoms with E-state index in [2.05, 4.69) is 4.98 Å². The molecule has 1 heterocycles. The zero-order valence-corrected chi connectivity index (χ0v) is 10.2. The Labute approximate surface area is 105 Å². The van der Waals surface area contributed by atoms with Crippen LogP contribution in [0, 0.1) is 13.8 Å². The molecule has 0 radical (unpaired) electrons. The van der Waals surface area contributed by atoms with Crippen molar-refractivity contribution in [2.45, 2.75) is 13.8 Å². The summed E-state index contributed by atoms with van der Waals surface area (Å²) in [5.74, 6) is 0.140. The monoisotopic (exact) mass is 243 g/mol. The minimum Gasteiger partial charge on any atom is -0.478 e. The number of ether oxygens (including phenoxy) is 1. The maximum absolute atomic E-state index is 10.9. The SMILES string of the molecule is Cc1ccnc(Oc2ccc(C(=O)O)c(C)c2)c1. The first-order chi connectivity index (χ1) is 8.56. The Morgan fingerprint density at radius 1 is 1.22 bits per heavy atom. The van der Waals surface area contributed by atoms with Crippen LogP contribution in [0.4, 0.5) is 0 Å². The molecule has 0 aliphatic rings. The highest BCUT2D eigenvalue weighted by Gasteiger charge is 2.08. The number of nitrogens with zero attached hydrogens (tertiary/aromatic N) is 1. The van der Waals surface area contributed by atoms with E-state index in [0.717, 1.165) is 5.56 Å². The molecule has 1 aromatic heterocycles. The zero-order chi connectivity index (χ0) is 13.1. The van der Waals surface area contributed by atoms with Gasteiger partial charge >= 0.3 is 5.97 Å². The van der Waals surface area contributed by atoms with Crippen LogP contribution in [-0.2, 0) is 0 Å². The van der Waals surface area contributed by atoms with Gasteiger partial charge in [-0.25, -0.2) is 9.78 Å². The van der Waals surface area contributed by atoms with E-state index in [0.29, 0.717) is 17.2 Å². The number of aromatic carboxylic acids is 1. The number of aromatic nitrogens is 1. The van der Waals surface area contributed by atoms with Crippen LogP contribution >= 0.6 is 0 Å². The van der Waals surface area contributed by atoms with E-state index in [1.54, 1.807) is 25.3 Å². The zero-order valence-electron chi connectivity index (χ0n) is 10.2. The molecule has 0 unspecified atom stereocenters. The second-order valence-corrected chi connectivity index (χ2v) is 4.06. The molecular formula is C14H13NO3. The van der Waals surface area contributed by atoms with Gasteiger partial charge in [0.05, 0.1) is 5.56 Å². The lowest BCUT2D eigenvalue weighted by Gasteiger charge is -2.07. The molecule has 0 atom stereocenters. The Kier molecular flexibility index (Phi) is 3.28. The van der Waals surface area contributed by atoms with Gasteiger partial charge in [0, 0.05) is 12.3 Å². The Hall–Kier alpha value is -2.36. The number of benzene rings is 1. The van der Waals surface area contributed by atoms with Crippen molar-refractivity contribution in [3.8, 4) is 11.6 Å². The molecule has 0 saturated heterocycles. The van der Waals surface area contributed by atoms with Crippen LogP contribution in [0.3, 0.4) is 0 Å². The predicted molar refractivity (Wildman–Crippen MR) is 67.2 cm³/mol. The van der Waals surface area contributed by atoms with Crippen molar-refractivity contribution >= 4 is 5.97 Å². The Bertz CT molecular complexity index is 593. The van der Waals surface area contributed by atoms with Crippen LogP contribution in [0.5, 0.6) is 11.6 Å². The smallest absolute Gasteiger partial charge is 0.335 e. The van der Waals surface area contributed by atoms with Crippen molar-refractivity contribution in [1.29, 1.82) is 0 Å². The number of hydrogen-bond acceptors (Lipinski definition) is 3. The third-order valence-electron chi connectivity index (χ3n) is 2.54. The standard InChI is InChI=1S/C14H13NO3/c1-9-5-6-15-13(7-9)18-11-3-4-12(14(16)17)10(2)8-11/h3-8H,1-2H3,(H,16,17). The summed E-state index contributed by atoms with van der Waals surface area (Å²) in [7, 11) is 0. The topological polar surface area (TPSA) is 59.4 Å². The van der Waals surface area contributed by atoms with Gasteiger partial charge in [-0.05, 0) is 49.2 Å². The highest BCUT2D eigenvalue weighted by atomic mass is 16.5. The van der Waals surface area contributed by atoms with E-state index < -0.39 is 5.97 Å². The van der Waals surface area contributed by atoms with E-state index in [1.807, 2.05) is 19.1 Å². The quantitative estimate of drug-likeness (QED) is 0.899. The van der Waals surface area contributed by atoms with Gasteiger partial charge in [0.2, 0.25) is 5.88 Å². The van der Waals surface area contributed by atoms with Gasteiger partial charge in [-0.15, -0.1) is 0 Å². The van der Waals surface area contributed by atoms with E-state index in [4.69, 9.17) is 9.84 Å². The molecule has 4 nitrogen and oxygen atoms in total. The normalized spacial score (nSPS) is 10.1. The molecule has 0 spiro atoms. The van der Waals surface area contributed by atoms with E-state index in [-0.39, 0.29) is 5.56 Å². The van der Waals surface area contributed by atoms with Crippen molar-refractivity contribution in [2.24, 2.45) is 0 Å². The maximum Gasteiger partial charge on any atom is 0.335 e. The largest absolute Gasteiger partial charge is 0.478 e. The van der Waals surface area contributed by atoms with E-state index >= 15 is 0 Å². The first-order valence-corrected chi connectivity index (χ1v) is 5.51. The van der Waals surface area contributed by atoms with E-state index in [1.165, 1.54) is 6.07 Å². The molecule has 0 amide bonds. The molecule has 2 aromatic rings. The van der Waals surface area contributed by atoms with Gasteiger partial charge in [0.25, 0.3) is 0 Å². The number of rotatable bonds is 3. The van der Waals surface area contributed by atoms with Crippen LogP contribution in [0.2, 0.25) is 0 Å². The van der Waals surface area contributed by atoms with Gasteiger partial charge in [0.15, 0.2) is 0 Å². The van der Waals surface area contributed by atoms with Crippen molar-refractivity contribution in [3.63, 3.8) is 0 Å². The molecule has 0 saturated carbocycles. The second kappa shape index (κ2) is 4.87. The predicted octanol–water partition coefficient (Wildman–Crippen LogP) is 3.19. The molecule has 0 bridgehead atoms. The number of hydrogen-bond donors (Lipinski definition) is 1. The third kappa shape index (κ3) is 2.66. The number of carbonyl (C=O) groups is 1. The van der Waals surface area contributed by atoms with Crippen LogP contribution in [0.1, 0.15) is 21.5 Å². The first-order valence-electron chi connectivity index (χ1n) is 5.51. The summed E-state index contributed by atoms with van der Waals surface area (Å²) >= 11 is 0. The van der Waals surface area contributed by atoms with Crippen molar-refractivity contribution in [2.75, 3.05) is 0 Å². The van der Waals surface area contributed by atoms with Gasteiger partial charge in [0.1, 0.15) is 5.75 Å². The maximum atomic E-state index is 10.9. The summed E-state index contributed by atoms with van der Waals surface area (Å²) in [5, 5.41) is 8.93. The van der Waals surface area contributed by atoms with Gasteiger partial charge in [-0.3, -0.25) is 0 Å². The third-order valence-corrected chi connectivity index (χ3v) is 2.54. The second-order valence-electron chi connectivity index (χ2n) is 4.06. The molecule has 0 aliphatic heterocycles. The lowest BCUT2D eigenvalue weighted by molar-refractivity contribution is 0.0696. The summed E-state index contributed by atoms with van der Waals surface area (Å²) in [6, 6.07) is 8.54. The van der Waals surface area contributed by atoms with Crippen LogP contribution < -0.4 is 4.74 Å². The van der Waals surface area contributed by atoms with Gasteiger partial charge in [-0.1, -0.05) is 0 Å². The first kappa shape index (κ1) is 12.1. The average molecular weight is 243 g/mol. The highest BCUT2D eigenvalue weighted by molar-refractivity contribution is 5.89. The average Bonchev–Trinajstić information content (AvgIpc) is 2.28. The Morgan fingerprint density at radius 3 is 2.61 bits per heavy atom. The summed E-state index contributed by atoms with van der Waals surface area (Å²) in [6.07, 6.45) is 1.67. The summed E-state index contributed by atoms with van der Waals surface area (Å²) in [5.41, 5.74) is 1.99. The molecule has 1 N–H and O–H groups in total. The fraction of sp³-hybridized carbons (Fsp3) is 0.143. The summed E-state index contributed by atoms with van der Waals surface area (Å²) < 4.78 is 5.57. The number of pyridine rings is 1. The minimum absolute atomic E-state index is 0.277. The molecule has 92 valence electrons. The molecule has 0 aliphatic carbocycles. The summed E-state index contributed by atoms with van der Waals surface area (Å²) in [4.78, 5) is 15.0. The number of carboxylic acid groups (broad SMARTS) is 1. The molecule has 18 heavy (non-hydrogen) atoms. The fourth-order valence-corrected chi connectivity index (χ4v) is 1.62. The minimum atomic E-state index is -0.937. The lowest BCUT2D eigenvalue weighted by Crippen LogP contribution is -1.99. The lowest BCUT2D eigenvalue weighted by atomic mass is 10.1.